The molecule has 0 aliphatic rings. The second kappa shape index (κ2) is 6.81. The second-order valence-corrected chi connectivity index (χ2v) is 7.48. The molecule has 120 valence electrons. The molecule has 0 saturated heterocycles. The van der Waals surface area contributed by atoms with Crippen molar-refractivity contribution >= 4 is 21.6 Å². The number of rotatable bonds is 6. The molecule has 1 heterocycles. The first kappa shape index (κ1) is 17.0. The zero-order valence-electron chi connectivity index (χ0n) is 12.9. The highest BCUT2D eigenvalue weighted by molar-refractivity contribution is 7.88. The maximum Gasteiger partial charge on any atom is 0.215 e. The van der Waals surface area contributed by atoms with E-state index < -0.39 is 10.0 Å². The van der Waals surface area contributed by atoms with Gasteiger partial charge in [0.05, 0.1) is 18.0 Å². The van der Waals surface area contributed by atoms with E-state index in [1.807, 2.05) is 25.5 Å². The van der Waals surface area contributed by atoms with Crippen LogP contribution >= 0.6 is 11.6 Å². The van der Waals surface area contributed by atoms with Crippen LogP contribution in [0.3, 0.4) is 0 Å². The van der Waals surface area contributed by atoms with Crippen LogP contribution in [0.2, 0.25) is 5.02 Å². The first-order valence-electron chi connectivity index (χ1n) is 7.01. The second-order valence-electron chi connectivity index (χ2n) is 5.26. The van der Waals surface area contributed by atoms with Gasteiger partial charge in [-0.1, -0.05) is 29.8 Å². The number of hydrogen-bond donors (Lipinski definition) is 1. The van der Waals surface area contributed by atoms with Crippen molar-refractivity contribution in [2.45, 2.75) is 33.1 Å². The molecule has 0 spiro atoms. The molecule has 2 rings (SSSR count). The van der Waals surface area contributed by atoms with Crippen LogP contribution < -0.4 is 4.72 Å². The van der Waals surface area contributed by atoms with Crippen LogP contribution in [0.5, 0.6) is 0 Å². The molecule has 0 fully saturated rings. The molecule has 1 aromatic carbocycles. The summed E-state index contributed by atoms with van der Waals surface area (Å²) in [6.45, 7) is 6.74. The molecule has 5 nitrogen and oxygen atoms in total. The van der Waals surface area contributed by atoms with Gasteiger partial charge >= 0.3 is 0 Å². The summed E-state index contributed by atoms with van der Waals surface area (Å²) in [5, 5.41) is 4.85. The molecule has 0 bridgehead atoms. The lowest BCUT2D eigenvalue weighted by atomic mass is 10.2. The van der Waals surface area contributed by atoms with E-state index in [0.717, 1.165) is 17.0 Å². The Bertz CT molecular complexity index is 769. The molecule has 1 N–H and O–H groups in total. The molecule has 0 saturated carbocycles. The first-order chi connectivity index (χ1) is 10.3. The van der Waals surface area contributed by atoms with Gasteiger partial charge in [-0.05, 0) is 38.0 Å². The van der Waals surface area contributed by atoms with Gasteiger partial charge in [0.2, 0.25) is 10.0 Å². The van der Waals surface area contributed by atoms with Crippen molar-refractivity contribution < 1.29 is 8.42 Å². The molecule has 22 heavy (non-hydrogen) atoms. The SMILES string of the molecule is Cc1nn(CCNS(=O)(=O)Cc2ccccc2Cl)c(C)c1C. The van der Waals surface area contributed by atoms with Gasteiger partial charge in [-0.3, -0.25) is 4.68 Å². The van der Waals surface area contributed by atoms with Crippen molar-refractivity contribution in [1.29, 1.82) is 0 Å². The predicted molar refractivity (Wildman–Crippen MR) is 88.5 cm³/mol. The third-order valence-electron chi connectivity index (χ3n) is 3.69. The van der Waals surface area contributed by atoms with Crippen molar-refractivity contribution in [1.82, 2.24) is 14.5 Å². The molecule has 0 aliphatic heterocycles. The van der Waals surface area contributed by atoms with E-state index in [0.29, 0.717) is 23.7 Å². The van der Waals surface area contributed by atoms with E-state index in [-0.39, 0.29) is 5.75 Å². The molecule has 0 radical (unpaired) electrons. The van der Waals surface area contributed by atoms with Gasteiger partial charge in [-0.2, -0.15) is 5.10 Å². The minimum atomic E-state index is -3.42. The normalized spacial score (nSPS) is 11.8. The lowest BCUT2D eigenvalue weighted by Crippen LogP contribution is -2.29. The average Bonchev–Trinajstić information content (AvgIpc) is 2.69. The number of aromatic nitrogens is 2. The average molecular weight is 342 g/mol. The van der Waals surface area contributed by atoms with Gasteiger partial charge in [-0.15, -0.1) is 0 Å². The Morgan fingerprint density at radius 1 is 1.23 bits per heavy atom. The number of hydrogen-bond acceptors (Lipinski definition) is 3. The smallest absolute Gasteiger partial charge is 0.215 e. The van der Waals surface area contributed by atoms with Gasteiger partial charge in [0.1, 0.15) is 0 Å². The molecule has 0 unspecified atom stereocenters. The Morgan fingerprint density at radius 3 is 2.50 bits per heavy atom. The summed E-state index contributed by atoms with van der Waals surface area (Å²) in [7, 11) is -3.42. The predicted octanol–water partition coefficient (Wildman–Crippen LogP) is 2.58. The van der Waals surface area contributed by atoms with Crippen LogP contribution in [-0.4, -0.2) is 24.7 Å². The zero-order valence-corrected chi connectivity index (χ0v) is 14.5. The van der Waals surface area contributed by atoms with E-state index in [4.69, 9.17) is 11.6 Å². The third kappa shape index (κ3) is 4.09. The number of aryl methyl sites for hydroxylation is 1. The topological polar surface area (TPSA) is 64.0 Å². The lowest BCUT2D eigenvalue weighted by molar-refractivity contribution is 0.553. The quantitative estimate of drug-likeness (QED) is 0.878. The maximum atomic E-state index is 12.1. The molecular weight excluding hydrogens is 322 g/mol. The summed E-state index contributed by atoms with van der Waals surface area (Å²) in [4.78, 5) is 0. The fourth-order valence-electron chi connectivity index (χ4n) is 2.18. The van der Waals surface area contributed by atoms with E-state index in [1.165, 1.54) is 0 Å². The van der Waals surface area contributed by atoms with E-state index in [1.54, 1.807) is 24.3 Å². The van der Waals surface area contributed by atoms with Gasteiger partial charge < -0.3 is 0 Å². The van der Waals surface area contributed by atoms with Crippen molar-refractivity contribution in [3.63, 3.8) is 0 Å². The van der Waals surface area contributed by atoms with Crippen LogP contribution in [0.25, 0.3) is 0 Å². The summed E-state index contributed by atoms with van der Waals surface area (Å²) in [5.74, 6) is -0.122. The van der Waals surface area contributed by atoms with Crippen molar-refractivity contribution in [3.05, 3.63) is 51.8 Å². The minimum absolute atomic E-state index is 0.122. The van der Waals surface area contributed by atoms with Crippen LogP contribution in [0.15, 0.2) is 24.3 Å². The number of benzene rings is 1. The van der Waals surface area contributed by atoms with Crippen molar-refractivity contribution in [3.8, 4) is 0 Å². The van der Waals surface area contributed by atoms with Crippen LogP contribution in [0.1, 0.15) is 22.5 Å². The van der Waals surface area contributed by atoms with Crippen LogP contribution in [0.4, 0.5) is 0 Å². The largest absolute Gasteiger partial charge is 0.268 e. The fourth-order valence-corrected chi connectivity index (χ4v) is 3.63. The first-order valence-corrected chi connectivity index (χ1v) is 9.04. The number of nitrogens with zero attached hydrogens (tertiary/aromatic N) is 2. The van der Waals surface area contributed by atoms with Gasteiger partial charge in [0.25, 0.3) is 0 Å². The number of nitrogens with one attached hydrogen (secondary N) is 1. The van der Waals surface area contributed by atoms with Crippen LogP contribution in [-0.2, 0) is 22.3 Å². The summed E-state index contributed by atoms with van der Waals surface area (Å²) in [6, 6.07) is 6.95. The monoisotopic (exact) mass is 341 g/mol. The van der Waals surface area contributed by atoms with Gasteiger partial charge in [0.15, 0.2) is 0 Å². The molecule has 0 aliphatic carbocycles. The van der Waals surface area contributed by atoms with E-state index in [9.17, 15) is 8.42 Å². The van der Waals surface area contributed by atoms with Crippen LogP contribution in [0, 0.1) is 20.8 Å². The maximum absolute atomic E-state index is 12.1. The third-order valence-corrected chi connectivity index (χ3v) is 5.40. The highest BCUT2D eigenvalue weighted by Crippen LogP contribution is 2.17. The summed E-state index contributed by atoms with van der Waals surface area (Å²) in [5.41, 5.74) is 3.76. The molecule has 0 atom stereocenters. The standard InChI is InChI=1S/C15H20ClN3O2S/c1-11-12(2)18-19(13(11)3)9-8-17-22(20,21)10-14-6-4-5-7-15(14)16/h4-7,17H,8-10H2,1-3H3. The molecular formula is C15H20ClN3O2S. The highest BCUT2D eigenvalue weighted by atomic mass is 35.5. The molecule has 1 aromatic heterocycles. The summed E-state index contributed by atoms with van der Waals surface area (Å²) >= 11 is 5.99. The Balaban J connectivity index is 1.96. The minimum Gasteiger partial charge on any atom is -0.268 e. The fraction of sp³-hybridized carbons (Fsp3) is 0.400. The van der Waals surface area contributed by atoms with Gasteiger partial charge in [0, 0.05) is 17.3 Å². The Hall–Kier alpha value is -1.37. The molecule has 7 heteroatoms. The Labute approximate surface area is 136 Å². The summed E-state index contributed by atoms with van der Waals surface area (Å²) < 4.78 is 28.6. The van der Waals surface area contributed by atoms with Crippen molar-refractivity contribution in [2.75, 3.05) is 6.54 Å². The number of sulfonamides is 1. The van der Waals surface area contributed by atoms with Crippen molar-refractivity contribution in [2.24, 2.45) is 0 Å². The molecule has 2 aromatic rings. The number of halogens is 1. The lowest BCUT2D eigenvalue weighted by Gasteiger charge is -2.09. The van der Waals surface area contributed by atoms with E-state index >= 15 is 0 Å². The molecule has 0 amide bonds. The van der Waals surface area contributed by atoms with E-state index in [2.05, 4.69) is 9.82 Å². The highest BCUT2D eigenvalue weighted by Gasteiger charge is 2.14. The Kier molecular flexibility index (Phi) is 5.26. The Morgan fingerprint density at radius 2 is 1.91 bits per heavy atom. The summed E-state index contributed by atoms with van der Waals surface area (Å²) in [6.07, 6.45) is 0. The van der Waals surface area contributed by atoms with Gasteiger partial charge in [-0.25, -0.2) is 13.1 Å². The zero-order chi connectivity index (χ0) is 16.3.